The molecule has 0 radical (unpaired) electrons. The highest BCUT2D eigenvalue weighted by molar-refractivity contribution is 6.31. The normalized spacial score (nSPS) is 16.7. The molecule has 2 amide bonds. The smallest absolute Gasteiger partial charge is 0.257 e. The first-order valence-corrected chi connectivity index (χ1v) is 12.4. The van der Waals surface area contributed by atoms with Crippen molar-refractivity contribution in [1.82, 2.24) is 10.2 Å². The molecule has 36 heavy (non-hydrogen) atoms. The molecule has 2 aromatic carbocycles. The summed E-state index contributed by atoms with van der Waals surface area (Å²) in [6.07, 6.45) is 7.00. The molecule has 1 unspecified atom stereocenters. The third kappa shape index (κ3) is 6.71. The molecule has 0 aliphatic heterocycles. The zero-order chi connectivity index (χ0) is 26.5. The number of amides is 2. The second-order valence-electron chi connectivity index (χ2n) is 8.86. The number of halogens is 2. The van der Waals surface area contributed by atoms with Gasteiger partial charge in [0.1, 0.15) is 5.75 Å². The van der Waals surface area contributed by atoms with E-state index in [0.29, 0.717) is 22.7 Å². The second kappa shape index (κ2) is 11.7. The van der Waals surface area contributed by atoms with Gasteiger partial charge in [0, 0.05) is 41.6 Å². The summed E-state index contributed by atoms with van der Waals surface area (Å²) in [6, 6.07) is 10.2. The Morgan fingerprint density at radius 3 is 2.39 bits per heavy atom. The minimum Gasteiger partial charge on any atom is -0.494 e. The number of hydrogen-bond acceptors (Lipinski definition) is 4. The third-order valence-electron chi connectivity index (χ3n) is 5.86. The number of nitrogens with zero attached hydrogens (tertiary/aromatic N) is 1. The zero-order valence-electron chi connectivity index (χ0n) is 21.0. The summed E-state index contributed by atoms with van der Waals surface area (Å²) in [5, 5.41) is 5.97. The topological polar surface area (TPSA) is 70.7 Å². The predicted molar refractivity (Wildman–Crippen MR) is 148 cm³/mol. The first kappa shape index (κ1) is 27.4. The van der Waals surface area contributed by atoms with E-state index in [2.05, 4.69) is 29.0 Å². The van der Waals surface area contributed by atoms with Gasteiger partial charge in [0.25, 0.3) is 11.8 Å². The Kier molecular flexibility index (Phi) is 8.88. The Morgan fingerprint density at radius 2 is 1.81 bits per heavy atom. The van der Waals surface area contributed by atoms with Crippen LogP contribution in [0, 0.1) is 0 Å². The maximum Gasteiger partial charge on any atom is 0.257 e. The molecule has 0 heterocycles. The number of hydrogen-bond donors (Lipinski definition) is 2. The fourth-order valence-corrected chi connectivity index (χ4v) is 4.09. The van der Waals surface area contributed by atoms with Gasteiger partial charge >= 0.3 is 0 Å². The van der Waals surface area contributed by atoms with Gasteiger partial charge in [0.2, 0.25) is 0 Å². The average molecular weight is 528 g/mol. The molecule has 1 atom stereocenters. The Labute approximate surface area is 222 Å². The van der Waals surface area contributed by atoms with Crippen LogP contribution in [-0.4, -0.2) is 42.3 Å². The molecule has 1 aliphatic carbocycles. The standard InChI is InChI=1S/C28H31Cl2N3O3/c1-6-15-33(4)18(2)19-7-9-20(10-8-19)26(34)32-25-23(16-21(29)17-24(25)36-5)27(35)31-22-11-13-28(3,30)14-12-22/h7-13,16-17H,2,6,14-15H2,1,3-5H3,(H,31,35)(H,32,34). The zero-order valence-corrected chi connectivity index (χ0v) is 22.5. The maximum absolute atomic E-state index is 13.2. The number of carbonyl (C=O) groups is 2. The molecular formula is C28H31Cl2N3O3. The van der Waals surface area contributed by atoms with Gasteiger partial charge in [-0.2, -0.15) is 0 Å². The van der Waals surface area contributed by atoms with Crippen LogP contribution in [0.5, 0.6) is 5.75 Å². The number of benzene rings is 2. The van der Waals surface area contributed by atoms with E-state index in [1.807, 2.05) is 38.3 Å². The first-order chi connectivity index (χ1) is 17.0. The SMILES string of the molecule is C=C(c1ccc(C(=O)Nc2c(OC)cc(Cl)cc2C(=O)NC2=CCC(C)(Cl)C=C2)cc1)N(C)CCC. The van der Waals surface area contributed by atoms with Crippen LogP contribution >= 0.6 is 23.2 Å². The summed E-state index contributed by atoms with van der Waals surface area (Å²) in [7, 11) is 3.43. The van der Waals surface area contributed by atoms with Gasteiger partial charge in [0.15, 0.2) is 0 Å². The van der Waals surface area contributed by atoms with Crippen LogP contribution < -0.4 is 15.4 Å². The number of allylic oxidation sites excluding steroid dienone is 3. The highest BCUT2D eigenvalue weighted by atomic mass is 35.5. The third-order valence-corrected chi connectivity index (χ3v) is 6.36. The molecule has 0 aromatic heterocycles. The van der Waals surface area contributed by atoms with Crippen LogP contribution in [-0.2, 0) is 0 Å². The van der Waals surface area contributed by atoms with Gasteiger partial charge in [0.05, 0.1) is 23.2 Å². The summed E-state index contributed by atoms with van der Waals surface area (Å²) in [5.41, 5.74) is 3.23. The van der Waals surface area contributed by atoms with E-state index in [0.717, 1.165) is 24.2 Å². The summed E-state index contributed by atoms with van der Waals surface area (Å²) in [5.74, 6) is -0.557. The van der Waals surface area contributed by atoms with E-state index in [1.54, 1.807) is 24.3 Å². The monoisotopic (exact) mass is 527 g/mol. The molecule has 3 rings (SSSR count). The lowest BCUT2D eigenvalue weighted by atomic mass is 10.0. The highest BCUT2D eigenvalue weighted by Crippen LogP contribution is 2.34. The largest absolute Gasteiger partial charge is 0.494 e. The van der Waals surface area contributed by atoms with Crippen molar-refractivity contribution in [3.63, 3.8) is 0 Å². The Morgan fingerprint density at radius 1 is 1.14 bits per heavy atom. The van der Waals surface area contributed by atoms with Crippen molar-refractivity contribution in [2.75, 3.05) is 26.0 Å². The molecule has 0 saturated carbocycles. The summed E-state index contributed by atoms with van der Waals surface area (Å²) >= 11 is 12.6. The molecule has 2 N–H and O–H groups in total. The molecule has 190 valence electrons. The van der Waals surface area contributed by atoms with Gasteiger partial charge in [-0.15, -0.1) is 11.6 Å². The Hall–Kier alpha value is -3.22. The molecule has 2 aromatic rings. The van der Waals surface area contributed by atoms with E-state index in [9.17, 15) is 9.59 Å². The van der Waals surface area contributed by atoms with Crippen molar-refractivity contribution >= 4 is 46.4 Å². The fourth-order valence-electron chi connectivity index (χ4n) is 3.74. The van der Waals surface area contributed by atoms with E-state index in [1.165, 1.54) is 13.2 Å². The van der Waals surface area contributed by atoms with Gasteiger partial charge < -0.3 is 20.3 Å². The number of anilines is 1. The van der Waals surface area contributed by atoms with Crippen LogP contribution in [0.3, 0.4) is 0 Å². The minimum atomic E-state index is -0.486. The Balaban J connectivity index is 1.84. The Bertz CT molecular complexity index is 1220. The van der Waals surface area contributed by atoms with Crippen molar-refractivity contribution in [1.29, 1.82) is 0 Å². The van der Waals surface area contributed by atoms with E-state index in [-0.39, 0.29) is 17.0 Å². The highest BCUT2D eigenvalue weighted by Gasteiger charge is 2.23. The molecule has 0 saturated heterocycles. The number of carbonyl (C=O) groups excluding carboxylic acids is 2. The molecule has 6 nitrogen and oxygen atoms in total. The van der Waals surface area contributed by atoms with Crippen molar-refractivity contribution in [3.8, 4) is 5.75 Å². The average Bonchev–Trinajstić information content (AvgIpc) is 2.85. The van der Waals surface area contributed by atoms with Crippen LogP contribution in [0.15, 0.2) is 66.9 Å². The number of alkyl halides is 1. The molecule has 8 heteroatoms. The summed E-state index contributed by atoms with van der Waals surface area (Å²) in [4.78, 5) is 27.9. The molecule has 0 bridgehead atoms. The molecule has 0 fully saturated rings. The van der Waals surface area contributed by atoms with Crippen LogP contribution in [0.2, 0.25) is 5.02 Å². The van der Waals surface area contributed by atoms with Crippen molar-refractivity contribution in [2.24, 2.45) is 0 Å². The number of rotatable bonds is 9. The summed E-state index contributed by atoms with van der Waals surface area (Å²) in [6.45, 7) is 9.02. The van der Waals surface area contributed by atoms with Crippen LogP contribution in [0.1, 0.15) is 53.0 Å². The van der Waals surface area contributed by atoms with Gasteiger partial charge in [-0.3, -0.25) is 9.59 Å². The van der Waals surface area contributed by atoms with Crippen molar-refractivity contribution < 1.29 is 14.3 Å². The van der Waals surface area contributed by atoms with Crippen molar-refractivity contribution in [3.05, 3.63) is 88.6 Å². The quantitative estimate of drug-likeness (QED) is 0.366. The minimum absolute atomic E-state index is 0.174. The maximum atomic E-state index is 13.2. The van der Waals surface area contributed by atoms with Gasteiger partial charge in [-0.1, -0.05) is 49.4 Å². The van der Waals surface area contributed by atoms with E-state index in [4.69, 9.17) is 27.9 Å². The number of ether oxygens (including phenoxy) is 1. The molecular weight excluding hydrogens is 497 g/mol. The summed E-state index contributed by atoms with van der Waals surface area (Å²) < 4.78 is 5.43. The lowest BCUT2D eigenvalue weighted by Gasteiger charge is -2.21. The van der Waals surface area contributed by atoms with Crippen LogP contribution in [0.25, 0.3) is 5.70 Å². The molecule has 1 aliphatic rings. The fraction of sp³-hybridized carbons (Fsp3) is 0.286. The molecule has 0 spiro atoms. The van der Waals surface area contributed by atoms with Crippen molar-refractivity contribution in [2.45, 2.75) is 31.6 Å². The lowest BCUT2D eigenvalue weighted by molar-refractivity contribution is 0.0967. The van der Waals surface area contributed by atoms with E-state index >= 15 is 0 Å². The lowest BCUT2D eigenvalue weighted by Crippen LogP contribution is -2.27. The second-order valence-corrected chi connectivity index (χ2v) is 10.2. The van der Waals surface area contributed by atoms with Gasteiger partial charge in [-0.05, 0) is 49.6 Å². The predicted octanol–water partition coefficient (Wildman–Crippen LogP) is 6.48. The van der Waals surface area contributed by atoms with Gasteiger partial charge in [-0.25, -0.2) is 0 Å². The number of methoxy groups -OCH3 is 1. The first-order valence-electron chi connectivity index (χ1n) is 11.6. The van der Waals surface area contributed by atoms with E-state index < -0.39 is 16.7 Å². The number of nitrogens with one attached hydrogen (secondary N) is 2. The van der Waals surface area contributed by atoms with Crippen LogP contribution in [0.4, 0.5) is 5.69 Å².